The van der Waals surface area contributed by atoms with Crippen molar-refractivity contribution < 1.29 is 9.72 Å². The number of hydrogen-bond acceptors (Lipinski definition) is 6. The summed E-state index contributed by atoms with van der Waals surface area (Å²) in [6.07, 6.45) is 1.62. The summed E-state index contributed by atoms with van der Waals surface area (Å²) in [6, 6.07) is 6.43. The largest absolute Gasteiger partial charge is 0.349 e. The Bertz CT molecular complexity index is 654. The fraction of sp³-hybridized carbons (Fsp3) is 0.250. The van der Waals surface area contributed by atoms with Crippen LogP contribution in [-0.2, 0) is 17.9 Å². The molecule has 1 aromatic carbocycles. The van der Waals surface area contributed by atoms with Crippen LogP contribution in [0.1, 0.15) is 11.3 Å². The number of nitrogens with one attached hydrogen (secondary N) is 1. The Labute approximate surface area is 119 Å². The maximum absolute atomic E-state index is 11.0. The standard InChI is InChI=1S/C12H14N6O3/c13-5-12(19)14-6-10-8-17(16-15-10)7-9-3-1-2-4-11(9)18(20)21/h1-4,8H,5-7,13H2,(H,14,19). The van der Waals surface area contributed by atoms with Crippen LogP contribution in [0.2, 0.25) is 0 Å². The Morgan fingerprint density at radius 1 is 1.43 bits per heavy atom. The van der Waals surface area contributed by atoms with Crippen LogP contribution in [0, 0.1) is 10.1 Å². The fourth-order valence-corrected chi connectivity index (χ4v) is 1.76. The number of rotatable bonds is 6. The van der Waals surface area contributed by atoms with Gasteiger partial charge in [-0.25, -0.2) is 4.68 Å². The van der Waals surface area contributed by atoms with E-state index in [-0.39, 0.29) is 31.2 Å². The van der Waals surface area contributed by atoms with Gasteiger partial charge in [-0.05, 0) is 0 Å². The molecule has 0 aliphatic rings. The lowest BCUT2D eigenvalue weighted by atomic mass is 10.2. The molecule has 0 fully saturated rings. The summed E-state index contributed by atoms with van der Waals surface area (Å²) in [4.78, 5) is 21.5. The summed E-state index contributed by atoms with van der Waals surface area (Å²) >= 11 is 0. The van der Waals surface area contributed by atoms with E-state index >= 15 is 0 Å². The lowest BCUT2D eigenvalue weighted by Gasteiger charge is -2.02. The van der Waals surface area contributed by atoms with Crippen molar-refractivity contribution in [2.45, 2.75) is 13.1 Å². The quantitative estimate of drug-likeness (QED) is 0.560. The normalized spacial score (nSPS) is 10.3. The SMILES string of the molecule is NCC(=O)NCc1cn(Cc2ccccc2[N+](=O)[O-])nn1. The van der Waals surface area contributed by atoms with Crippen molar-refractivity contribution in [3.8, 4) is 0 Å². The van der Waals surface area contributed by atoms with Crippen molar-refractivity contribution in [3.63, 3.8) is 0 Å². The van der Waals surface area contributed by atoms with Crippen LogP contribution in [-0.4, -0.2) is 32.4 Å². The molecule has 1 amide bonds. The molecular formula is C12H14N6O3. The lowest BCUT2D eigenvalue weighted by molar-refractivity contribution is -0.385. The molecule has 0 saturated heterocycles. The monoisotopic (exact) mass is 290 g/mol. The average molecular weight is 290 g/mol. The van der Waals surface area contributed by atoms with E-state index < -0.39 is 4.92 Å². The maximum atomic E-state index is 11.0. The van der Waals surface area contributed by atoms with Gasteiger partial charge in [0.15, 0.2) is 0 Å². The number of nitro groups is 1. The Morgan fingerprint density at radius 2 is 2.19 bits per heavy atom. The number of nitrogens with two attached hydrogens (primary N) is 1. The number of carbonyl (C=O) groups excluding carboxylic acids is 1. The first kappa shape index (κ1) is 14.6. The maximum Gasteiger partial charge on any atom is 0.274 e. The van der Waals surface area contributed by atoms with Gasteiger partial charge in [0.1, 0.15) is 5.69 Å². The summed E-state index contributed by atoms with van der Waals surface area (Å²) in [5, 5.41) is 21.3. The predicted molar refractivity (Wildman–Crippen MR) is 73.1 cm³/mol. The van der Waals surface area contributed by atoms with Crippen molar-refractivity contribution in [3.05, 3.63) is 51.8 Å². The molecule has 0 radical (unpaired) electrons. The zero-order valence-electron chi connectivity index (χ0n) is 11.1. The lowest BCUT2D eigenvalue weighted by Crippen LogP contribution is -2.29. The number of amides is 1. The van der Waals surface area contributed by atoms with E-state index in [0.29, 0.717) is 11.3 Å². The van der Waals surface area contributed by atoms with Crippen molar-refractivity contribution in [1.82, 2.24) is 20.3 Å². The summed E-state index contributed by atoms with van der Waals surface area (Å²) in [5.41, 5.74) is 6.29. The van der Waals surface area contributed by atoms with Gasteiger partial charge < -0.3 is 11.1 Å². The van der Waals surface area contributed by atoms with E-state index in [0.717, 1.165) is 0 Å². The van der Waals surface area contributed by atoms with Crippen LogP contribution in [0.4, 0.5) is 5.69 Å². The van der Waals surface area contributed by atoms with Gasteiger partial charge in [0.05, 0.1) is 36.3 Å². The molecule has 0 saturated carbocycles. The molecular weight excluding hydrogens is 276 g/mol. The van der Waals surface area contributed by atoms with Gasteiger partial charge in [-0.1, -0.05) is 23.4 Å². The Morgan fingerprint density at radius 3 is 2.90 bits per heavy atom. The minimum absolute atomic E-state index is 0.0333. The first-order valence-electron chi connectivity index (χ1n) is 6.18. The molecule has 0 aliphatic carbocycles. The third-order valence-electron chi connectivity index (χ3n) is 2.76. The van der Waals surface area contributed by atoms with E-state index in [1.54, 1.807) is 24.4 Å². The molecule has 2 rings (SSSR count). The third-order valence-corrected chi connectivity index (χ3v) is 2.76. The molecule has 9 heteroatoms. The number of para-hydroxylation sites is 1. The molecule has 1 aromatic heterocycles. The molecule has 0 unspecified atom stereocenters. The Balaban J connectivity index is 2.06. The third kappa shape index (κ3) is 3.83. The Kier molecular flexibility index (Phi) is 4.57. The molecule has 0 aliphatic heterocycles. The van der Waals surface area contributed by atoms with Crippen LogP contribution in [0.25, 0.3) is 0 Å². The van der Waals surface area contributed by atoms with Crippen molar-refractivity contribution >= 4 is 11.6 Å². The average Bonchev–Trinajstić information content (AvgIpc) is 2.92. The number of nitrogens with zero attached hydrogens (tertiary/aromatic N) is 4. The van der Waals surface area contributed by atoms with Crippen molar-refractivity contribution in [2.24, 2.45) is 5.73 Å². The highest BCUT2D eigenvalue weighted by molar-refractivity contribution is 5.77. The second-order valence-electron chi connectivity index (χ2n) is 4.27. The Hall–Kier alpha value is -2.81. The van der Waals surface area contributed by atoms with Gasteiger partial charge in [0.25, 0.3) is 5.69 Å². The minimum Gasteiger partial charge on any atom is -0.349 e. The zero-order chi connectivity index (χ0) is 15.2. The summed E-state index contributed by atoms with van der Waals surface area (Å²) in [6.45, 7) is 0.353. The first-order chi connectivity index (χ1) is 10.1. The summed E-state index contributed by atoms with van der Waals surface area (Å²) < 4.78 is 1.48. The highest BCUT2D eigenvalue weighted by atomic mass is 16.6. The topological polar surface area (TPSA) is 129 Å². The molecule has 0 atom stereocenters. The number of nitro benzene ring substituents is 1. The molecule has 110 valence electrons. The van der Waals surface area contributed by atoms with Crippen molar-refractivity contribution in [1.29, 1.82) is 0 Å². The van der Waals surface area contributed by atoms with Gasteiger partial charge in [0.2, 0.25) is 5.91 Å². The number of hydrogen-bond donors (Lipinski definition) is 2. The van der Waals surface area contributed by atoms with Crippen LogP contribution in [0.3, 0.4) is 0 Å². The predicted octanol–water partition coefficient (Wildman–Crippen LogP) is -0.190. The van der Waals surface area contributed by atoms with Crippen LogP contribution >= 0.6 is 0 Å². The fourth-order valence-electron chi connectivity index (χ4n) is 1.76. The van der Waals surface area contributed by atoms with Gasteiger partial charge >= 0.3 is 0 Å². The molecule has 0 bridgehead atoms. The molecule has 9 nitrogen and oxygen atoms in total. The molecule has 3 N–H and O–H groups in total. The van der Waals surface area contributed by atoms with Gasteiger partial charge in [-0.3, -0.25) is 14.9 Å². The molecule has 2 aromatic rings. The highest BCUT2D eigenvalue weighted by Crippen LogP contribution is 2.18. The second-order valence-corrected chi connectivity index (χ2v) is 4.27. The van der Waals surface area contributed by atoms with E-state index in [2.05, 4.69) is 15.6 Å². The van der Waals surface area contributed by atoms with E-state index in [1.807, 2.05) is 0 Å². The minimum atomic E-state index is -0.436. The van der Waals surface area contributed by atoms with E-state index in [1.165, 1.54) is 10.7 Å². The van der Waals surface area contributed by atoms with Gasteiger partial charge in [-0.2, -0.15) is 0 Å². The summed E-state index contributed by atoms with van der Waals surface area (Å²) in [7, 11) is 0. The van der Waals surface area contributed by atoms with E-state index in [4.69, 9.17) is 5.73 Å². The zero-order valence-corrected chi connectivity index (χ0v) is 11.1. The van der Waals surface area contributed by atoms with Gasteiger partial charge in [-0.15, -0.1) is 5.10 Å². The number of aromatic nitrogens is 3. The first-order valence-corrected chi connectivity index (χ1v) is 6.18. The van der Waals surface area contributed by atoms with Crippen LogP contribution in [0.15, 0.2) is 30.5 Å². The van der Waals surface area contributed by atoms with E-state index in [9.17, 15) is 14.9 Å². The summed E-state index contributed by atoms with van der Waals surface area (Å²) in [5.74, 6) is -0.289. The van der Waals surface area contributed by atoms with Crippen LogP contribution < -0.4 is 11.1 Å². The van der Waals surface area contributed by atoms with Crippen molar-refractivity contribution in [2.75, 3.05) is 6.54 Å². The number of carbonyl (C=O) groups is 1. The molecule has 0 spiro atoms. The van der Waals surface area contributed by atoms with Crippen LogP contribution in [0.5, 0.6) is 0 Å². The molecule has 1 heterocycles. The highest BCUT2D eigenvalue weighted by Gasteiger charge is 2.13. The second kappa shape index (κ2) is 6.57. The molecule has 21 heavy (non-hydrogen) atoms. The van der Waals surface area contributed by atoms with Gasteiger partial charge in [0, 0.05) is 6.07 Å². The number of benzene rings is 1. The smallest absolute Gasteiger partial charge is 0.274 e.